The summed E-state index contributed by atoms with van der Waals surface area (Å²) in [4.78, 5) is 12.2. The van der Waals surface area contributed by atoms with Crippen LogP contribution in [0.4, 0.5) is 10.5 Å². The van der Waals surface area contributed by atoms with Crippen LogP contribution in [-0.4, -0.2) is 12.6 Å². The lowest BCUT2D eigenvalue weighted by molar-refractivity contribution is 0.251. The Hall–Kier alpha value is -2.00. The van der Waals surface area contributed by atoms with Crippen LogP contribution in [0.1, 0.15) is 30.9 Å². The van der Waals surface area contributed by atoms with Gasteiger partial charge in [-0.1, -0.05) is 48.9 Å². The Morgan fingerprint density at radius 3 is 2.48 bits per heavy atom. The average Bonchev–Trinajstić information content (AvgIpc) is 3.35. The van der Waals surface area contributed by atoms with Crippen molar-refractivity contribution in [1.29, 1.82) is 0 Å². The molecule has 1 aliphatic rings. The Morgan fingerprint density at radius 2 is 1.83 bits per heavy atom. The molecule has 4 heteroatoms. The molecule has 0 bridgehead atoms. The van der Waals surface area contributed by atoms with Gasteiger partial charge < -0.3 is 10.6 Å². The lowest BCUT2D eigenvalue weighted by atomic mass is 9.96. The van der Waals surface area contributed by atoms with E-state index in [1.165, 1.54) is 5.56 Å². The van der Waals surface area contributed by atoms with Crippen LogP contribution in [0.5, 0.6) is 0 Å². The summed E-state index contributed by atoms with van der Waals surface area (Å²) < 4.78 is 0. The first kappa shape index (κ1) is 15.9. The molecular weight excluding hydrogens is 308 g/mol. The van der Waals surface area contributed by atoms with E-state index in [0.29, 0.717) is 6.54 Å². The molecule has 1 saturated carbocycles. The van der Waals surface area contributed by atoms with E-state index in [4.69, 9.17) is 11.6 Å². The van der Waals surface area contributed by atoms with E-state index in [9.17, 15) is 4.79 Å². The smallest absolute Gasteiger partial charge is 0.319 e. The number of aryl methyl sites for hydroxylation is 1. The monoisotopic (exact) mass is 328 g/mol. The molecule has 0 aliphatic heterocycles. The Balaban J connectivity index is 1.60. The lowest BCUT2D eigenvalue weighted by Gasteiger charge is -2.17. The third-order valence-electron chi connectivity index (χ3n) is 4.54. The summed E-state index contributed by atoms with van der Waals surface area (Å²) in [5.74, 6) is 0. The summed E-state index contributed by atoms with van der Waals surface area (Å²) in [5.41, 5.74) is 3.34. The molecule has 0 atom stereocenters. The number of urea groups is 1. The van der Waals surface area contributed by atoms with Crippen molar-refractivity contribution >= 4 is 23.3 Å². The van der Waals surface area contributed by atoms with Crippen LogP contribution in [0.2, 0.25) is 5.02 Å². The molecule has 23 heavy (non-hydrogen) atoms. The zero-order valence-corrected chi connectivity index (χ0v) is 14.0. The van der Waals surface area contributed by atoms with Gasteiger partial charge in [-0.15, -0.1) is 0 Å². The van der Waals surface area contributed by atoms with Crippen molar-refractivity contribution in [2.75, 3.05) is 11.9 Å². The largest absolute Gasteiger partial charge is 0.337 e. The van der Waals surface area contributed by atoms with E-state index < -0.39 is 0 Å². The molecule has 0 unspecified atom stereocenters. The van der Waals surface area contributed by atoms with Crippen molar-refractivity contribution in [1.82, 2.24) is 5.32 Å². The number of nitrogens with one attached hydrogen (secondary N) is 2. The highest BCUT2D eigenvalue weighted by atomic mass is 35.5. The molecule has 3 rings (SSSR count). The van der Waals surface area contributed by atoms with Crippen molar-refractivity contribution in [3.8, 4) is 0 Å². The second-order valence-electron chi connectivity index (χ2n) is 6.11. The number of para-hydroxylation sites is 1. The topological polar surface area (TPSA) is 41.1 Å². The maximum Gasteiger partial charge on any atom is 0.319 e. The molecule has 3 nitrogen and oxygen atoms in total. The summed E-state index contributed by atoms with van der Waals surface area (Å²) in [6.45, 7) is 2.73. The summed E-state index contributed by atoms with van der Waals surface area (Å²) in [6, 6.07) is 15.7. The molecule has 2 N–H and O–H groups in total. The molecule has 1 aliphatic carbocycles. The number of hydrogen-bond acceptors (Lipinski definition) is 1. The van der Waals surface area contributed by atoms with Gasteiger partial charge in [-0.3, -0.25) is 0 Å². The van der Waals surface area contributed by atoms with Crippen LogP contribution in [0.3, 0.4) is 0 Å². The van der Waals surface area contributed by atoms with E-state index in [2.05, 4.69) is 29.7 Å². The standard InChI is InChI=1S/C19H21ClN2O/c1-2-14-5-3-4-6-17(14)22-18(23)21-13-19(11-12-19)15-7-9-16(20)10-8-15/h3-10H,2,11-13H2,1H3,(H2,21,22,23). The van der Waals surface area contributed by atoms with Gasteiger partial charge in [0.2, 0.25) is 0 Å². The van der Waals surface area contributed by atoms with Crippen molar-refractivity contribution in [2.45, 2.75) is 31.6 Å². The molecule has 0 heterocycles. The van der Waals surface area contributed by atoms with Crippen LogP contribution >= 0.6 is 11.6 Å². The Morgan fingerprint density at radius 1 is 1.13 bits per heavy atom. The van der Waals surface area contributed by atoms with Crippen LogP contribution in [-0.2, 0) is 11.8 Å². The second-order valence-corrected chi connectivity index (χ2v) is 6.54. The van der Waals surface area contributed by atoms with Crippen molar-refractivity contribution in [3.05, 3.63) is 64.7 Å². The number of amides is 2. The lowest BCUT2D eigenvalue weighted by Crippen LogP contribution is -2.35. The van der Waals surface area contributed by atoms with Gasteiger partial charge in [-0.05, 0) is 48.6 Å². The molecule has 0 aromatic heterocycles. The van der Waals surface area contributed by atoms with E-state index >= 15 is 0 Å². The quantitative estimate of drug-likeness (QED) is 0.816. The summed E-state index contributed by atoms with van der Waals surface area (Å²) in [7, 11) is 0. The second kappa shape index (κ2) is 6.63. The Labute approximate surface area is 142 Å². The summed E-state index contributed by atoms with van der Waals surface area (Å²) in [6.07, 6.45) is 3.09. The fourth-order valence-electron chi connectivity index (χ4n) is 2.89. The minimum absolute atomic E-state index is 0.0756. The van der Waals surface area contributed by atoms with Crippen LogP contribution in [0.15, 0.2) is 48.5 Å². The van der Waals surface area contributed by atoms with Crippen molar-refractivity contribution in [2.24, 2.45) is 0 Å². The number of carbonyl (C=O) groups is 1. The van der Waals surface area contributed by atoms with Gasteiger partial charge in [0.1, 0.15) is 0 Å². The molecule has 2 aromatic rings. The third kappa shape index (κ3) is 3.67. The minimum atomic E-state index is -0.147. The predicted octanol–water partition coefficient (Wildman–Crippen LogP) is 4.76. The highest BCUT2D eigenvalue weighted by Crippen LogP contribution is 2.47. The summed E-state index contributed by atoms with van der Waals surface area (Å²) >= 11 is 5.95. The maximum absolute atomic E-state index is 12.2. The van der Waals surface area contributed by atoms with Crippen LogP contribution in [0, 0.1) is 0 Å². The fourth-order valence-corrected chi connectivity index (χ4v) is 3.01. The van der Waals surface area contributed by atoms with Crippen molar-refractivity contribution in [3.63, 3.8) is 0 Å². The molecule has 1 fully saturated rings. The van der Waals surface area contributed by atoms with Gasteiger partial charge in [0, 0.05) is 22.7 Å². The molecule has 2 aromatic carbocycles. The molecular formula is C19H21ClN2O. The van der Waals surface area contributed by atoms with Gasteiger partial charge in [-0.25, -0.2) is 4.79 Å². The maximum atomic E-state index is 12.2. The first-order chi connectivity index (χ1) is 11.1. The van der Waals surface area contributed by atoms with Crippen LogP contribution < -0.4 is 10.6 Å². The van der Waals surface area contributed by atoms with Gasteiger partial charge in [0.25, 0.3) is 0 Å². The highest BCUT2D eigenvalue weighted by molar-refractivity contribution is 6.30. The zero-order valence-electron chi connectivity index (χ0n) is 13.2. The Bertz CT molecular complexity index is 693. The van der Waals surface area contributed by atoms with Gasteiger partial charge in [-0.2, -0.15) is 0 Å². The summed E-state index contributed by atoms with van der Waals surface area (Å²) in [5, 5.41) is 6.71. The van der Waals surface area contributed by atoms with Crippen LogP contribution in [0.25, 0.3) is 0 Å². The number of anilines is 1. The number of halogens is 1. The van der Waals surface area contributed by atoms with E-state index in [1.54, 1.807) is 0 Å². The number of hydrogen-bond donors (Lipinski definition) is 2. The normalized spacial score (nSPS) is 15.0. The molecule has 2 amide bonds. The highest BCUT2D eigenvalue weighted by Gasteiger charge is 2.44. The first-order valence-corrected chi connectivity index (χ1v) is 8.39. The molecule has 120 valence electrons. The minimum Gasteiger partial charge on any atom is -0.337 e. The molecule has 0 spiro atoms. The zero-order chi connectivity index (χ0) is 16.3. The third-order valence-corrected chi connectivity index (χ3v) is 4.80. The van der Waals surface area contributed by atoms with Gasteiger partial charge >= 0.3 is 6.03 Å². The fraction of sp³-hybridized carbons (Fsp3) is 0.316. The van der Waals surface area contributed by atoms with Gasteiger partial charge in [0.15, 0.2) is 0 Å². The van der Waals surface area contributed by atoms with Gasteiger partial charge in [0.05, 0.1) is 0 Å². The first-order valence-electron chi connectivity index (χ1n) is 8.02. The van der Waals surface area contributed by atoms with E-state index in [-0.39, 0.29) is 11.4 Å². The molecule has 0 saturated heterocycles. The Kier molecular flexibility index (Phi) is 4.58. The van der Waals surface area contributed by atoms with E-state index in [1.807, 2.05) is 36.4 Å². The number of rotatable bonds is 5. The molecule has 0 radical (unpaired) electrons. The van der Waals surface area contributed by atoms with Crippen molar-refractivity contribution < 1.29 is 4.79 Å². The van der Waals surface area contributed by atoms with E-state index in [0.717, 1.165) is 35.5 Å². The predicted molar refractivity (Wildman–Crippen MR) is 95.2 cm³/mol. The SMILES string of the molecule is CCc1ccccc1NC(=O)NCC1(c2ccc(Cl)cc2)CC1. The number of benzene rings is 2. The average molecular weight is 329 g/mol. The number of carbonyl (C=O) groups excluding carboxylic acids is 1.